The standard InChI is InChI=1S/C27H25NO4/c29-26(30)19-31-25-13-7-12-23-18-20(14-15-24(23)25)16-17-28-32-27(21-8-3-1-4-9-21)22-10-5-2-6-11-22/h1-13,17,27-28H,14-15,18-19H2,(H,29,30). The number of allylic oxidation sites excluding steroid dienone is 1. The summed E-state index contributed by atoms with van der Waals surface area (Å²) in [6.45, 7) is -0.329. The van der Waals surface area contributed by atoms with Crippen LogP contribution in [0, 0.1) is 0 Å². The van der Waals surface area contributed by atoms with Gasteiger partial charge in [-0.1, -0.05) is 72.8 Å². The highest BCUT2D eigenvalue weighted by Crippen LogP contribution is 2.31. The van der Waals surface area contributed by atoms with Crippen LogP contribution in [0.1, 0.15) is 34.8 Å². The molecule has 1 aliphatic carbocycles. The van der Waals surface area contributed by atoms with Crippen LogP contribution in [0.4, 0.5) is 0 Å². The third kappa shape index (κ3) is 5.46. The second kappa shape index (κ2) is 10.5. The van der Waals surface area contributed by atoms with Crippen LogP contribution in [-0.4, -0.2) is 17.7 Å². The Morgan fingerprint density at radius 3 is 2.31 bits per heavy atom. The van der Waals surface area contributed by atoms with E-state index in [9.17, 15) is 4.79 Å². The van der Waals surface area contributed by atoms with Crippen LogP contribution < -0.4 is 10.2 Å². The second-order valence-corrected chi connectivity index (χ2v) is 7.58. The highest BCUT2D eigenvalue weighted by molar-refractivity contribution is 5.68. The van der Waals surface area contributed by atoms with Gasteiger partial charge in [-0.3, -0.25) is 10.3 Å². The van der Waals surface area contributed by atoms with Crippen LogP contribution in [0.2, 0.25) is 0 Å². The molecule has 1 aliphatic rings. The van der Waals surface area contributed by atoms with Gasteiger partial charge in [-0.05, 0) is 46.7 Å². The van der Waals surface area contributed by atoms with E-state index in [4.69, 9.17) is 14.7 Å². The van der Waals surface area contributed by atoms with Gasteiger partial charge in [0.15, 0.2) is 6.61 Å². The monoisotopic (exact) mass is 427 g/mol. The smallest absolute Gasteiger partial charge is 0.341 e. The molecule has 3 aromatic rings. The summed E-state index contributed by atoms with van der Waals surface area (Å²) in [6.07, 6.45) is 3.85. The Morgan fingerprint density at radius 2 is 1.66 bits per heavy atom. The molecule has 0 spiro atoms. The number of carboxylic acid groups (broad SMARTS) is 1. The molecular weight excluding hydrogens is 402 g/mol. The topological polar surface area (TPSA) is 67.8 Å². The number of hydrogen-bond donors (Lipinski definition) is 2. The zero-order chi connectivity index (χ0) is 22.2. The largest absolute Gasteiger partial charge is 0.482 e. The van der Waals surface area contributed by atoms with E-state index < -0.39 is 5.97 Å². The number of aliphatic carboxylic acids is 1. The Hall–Kier alpha value is -3.79. The van der Waals surface area contributed by atoms with Gasteiger partial charge in [0, 0.05) is 6.42 Å². The number of hydroxylamine groups is 1. The maximum Gasteiger partial charge on any atom is 0.341 e. The number of carboxylic acids is 1. The van der Waals surface area contributed by atoms with Gasteiger partial charge in [-0.2, -0.15) is 0 Å². The van der Waals surface area contributed by atoms with Gasteiger partial charge in [0.2, 0.25) is 0 Å². The number of hydrogen-bond acceptors (Lipinski definition) is 4. The van der Waals surface area contributed by atoms with E-state index in [0.717, 1.165) is 47.1 Å². The highest BCUT2D eigenvalue weighted by Gasteiger charge is 2.17. The van der Waals surface area contributed by atoms with Crippen molar-refractivity contribution < 1.29 is 19.5 Å². The molecule has 0 fully saturated rings. The van der Waals surface area contributed by atoms with Gasteiger partial charge >= 0.3 is 5.97 Å². The Morgan fingerprint density at radius 1 is 0.969 bits per heavy atom. The van der Waals surface area contributed by atoms with Gasteiger partial charge in [0.05, 0.1) is 6.20 Å². The minimum Gasteiger partial charge on any atom is -0.482 e. The first-order chi connectivity index (χ1) is 15.7. The number of carbonyl (C=O) groups is 1. The lowest BCUT2D eigenvalue weighted by molar-refractivity contribution is -0.139. The molecule has 0 aliphatic heterocycles. The molecule has 3 aromatic carbocycles. The van der Waals surface area contributed by atoms with E-state index in [2.05, 4.69) is 17.3 Å². The molecule has 162 valence electrons. The zero-order valence-corrected chi connectivity index (χ0v) is 17.7. The summed E-state index contributed by atoms with van der Waals surface area (Å²) in [5, 5.41) is 8.86. The number of nitrogens with one attached hydrogen (secondary N) is 1. The van der Waals surface area contributed by atoms with Crippen molar-refractivity contribution in [3.05, 3.63) is 119 Å². The zero-order valence-electron chi connectivity index (χ0n) is 17.7. The van der Waals surface area contributed by atoms with Crippen molar-refractivity contribution >= 4 is 5.97 Å². The minimum atomic E-state index is -0.975. The number of benzene rings is 3. The van der Waals surface area contributed by atoms with Crippen molar-refractivity contribution in [2.75, 3.05) is 6.61 Å². The van der Waals surface area contributed by atoms with Crippen molar-refractivity contribution in [3.8, 4) is 5.75 Å². The normalized spacial score (nSPS) is 12.6. The third-order valence-corrected chi connectivity index (χ3v) is 5.39. The maximum absolute atomic E-state index is 10.8. The first-order valence-corrected chi connectivity index (χ1v) is 10.6. The summed E-state index contributed by atoms with van der Waals surface area (Å²) in [5.41, 5.74) is 11.8. The van der Waals surface area contributed by atoms with E-state index in [0.29, 0.717) is 5.75 Å². The molecule has 5 nitrogen and oxygen atoms in total. The Kier molecular flexibility index (Phi) is 7.03. The lowest BCUT2D eigenvalue weighted by Crippen LogP contribution is -2.15. The van der Waals surface area contributed by atoms with Gasteiger partial charge in [-0.15, -0.1) is 5.73 Å². The Bertz CT molecular complexity index is 1080. The van der Waals surface area contributed by atoms with Crippen molar-refractivity contribution in [3.63, 3.8) is 0 Å². The Labute approximate surface area is 187 Å². The first-order valence-electron chi connectivity index (χ1n) is 10.6. The average Bonchev–Trinajstić information content (AvgIpc) is 2.83. The lowest BCUT2D eigenvalue weighted by atomic mass is 9.88. The van der Waals surface area contributed by atoms with Crippen molar-refractivity contribution in [1.29, 1.82) is 0 Å². The number of fused-ring (bicyclic) bond motifs is 1. The van der Waals surface area contributed by atoms with Gasteiger partial charge in [0.1, 0.15) is 11.9 Å². The van der Waals surface area contributed by atoms with Crippen molar-refractivity contribution in [2.45, 2.75) is 25.4 Å². The molecule has 0 aromatic heterocycles. The molecule has 0 radical (unpaired) electrons. The molecule has 0 saturated carbocycles. The third-order valence-electron chi connectivity index (χ3n) is 5.39. The molecule has 0 amide bonds. The quantitative estimate of drug-likeness (QED) is 0.392. The fourth-order valence-electron chi connectivity index (χ4n) is 3.87. The first kappa shape index (κ1) is 21.4. The summed E-state index contributed by atoms with van der Waals surface area (Å²) < 4.78 is 5.44. The molecule has 0 saturated heterocycles. The van der Waals surface area contributed by atoms with Crippen LogP contribution in [0.15, 0.2) is 96.4 Å². The minimum absolute atomic E-state index is 0.235. The summed E-state index contributed by atoms with van der Waals surface area (Å²) in [7, 11) is 0. The number of ether oxygens (including phenoxy) is 1. The molecule has 0 heterocycles. The second-order valence-electron chi connectivity index (χ2n) is 7.58. The van der Waals surface area contributed by atoms with Crippen molar-refractivity contribution in [2.24, 2.45) is 0 Å². The fraction of sp³-hybridized carbons (Fsp3) is 0.185. The van der Waals surface area contributed by atoms with E-state index >= 15 is 0 Å². The number of rotatable bonds is 8. The summed E-state index contributed by atoms with van der Waals surface area (Å²) in [6, 6.07) is 25.9. The highest BCUT2D eigenvalue weighted by atomic mass is 16.7. The molecule has 5 heteroatoms. The van der Waals surface area contributed by atoms with Crippen molar-refractivity contribution in [1.82, 2.24) is 5.48 Å². The fourth-order valence-corrected chi connectivity index (χ4v) is 3.87. The van der Waals surface area contributed by atoms with Gasteiger partial charge < -0.3 is 9.84 Å². The van der Waals surface area contributed by atoms with Crippen LogP contribution in [-0.2, 0) is 22.5 Å². The van der Waals surface area contributed by atoms with Gasteiger partial charge in [0.25, 0.3) is 0 Å². The molecule has 2 N–H and O–H groups in total. The SMILES string of the molecule is O=C(O)COc1cccc2c1CCC(=C=CNOC(c1ccccc1)c1ccccc1)C2. The molecule has 4 rings (SSSR count). The lowest BCUT2D eigenvalue weighted by Gasteiger charge is -2.20. The summed E-state index contributed by atoms with van der Waals surface area (Å²) in [5.74, 6) is -0.319. The summed E-state index contributed by atoms with van der Waals surface area (Å²) in [4.78, 5) is 16.8. The Balaban J connectivity index is 1.44. The van der Waals surface area contributed by atoms with E-state index in [1.165, 1.54) is 0 Å². The molecular formula is C27H25NO4. The predicted molar refractivity (Wildman–Crippen MR) is 122 cm³/mol. The molecule has 0 bridgehead atoms. The van der Waals surface area contributed by atoms with Crippen LogP contribution >= 0.6 is 0 Å². The van der Waals surface area contributed by atoms with Crippen LogP contribution in [0.3, 0.4) is 0 Å². The van der Waals surface area contributed by atoms with E-state index in [1.807, 2.05) is 72.8 Å². The summed E-state index contributed by atoms with van der Waals surface area (Å²) >= 11 is 0. The maximum atomic E-state index is 10.8. The van der Waals surface area contributed by atoms with E-state index in [-0.39, 0.29) is 12.7 Å². The molecule has 0 unspecified atom stereocenters. The molecule has 32 heavy (non-hydrogen) atoms. The van der Waals surface area contributed by atoms with Crippen LogP contribution in [0.25, 0.3) is 0 Å². The van der Waals surface area contributed by atoms with E-state index in [1.54, 1.807) is 6.20 Å². The van der Waals surface area contributed by atoms with Crippen LogP contribution in [0.5, 0.6) is 5.75 Å². The van der Waals surface area contributed by atoms with Gasteiger partial charge in [-0.25, -0.2) is 4.79 Å². The molecule has 0 atom stereocenters. The average molecular weight is 428 g/mol. The predicted octanol–water partition coefficient (Wildman–Crippen LogP) is 4.99.